The molecule has 3 aromatic carbocycles. The van der Waals surface area contributed by atoms with Crippen LogP contribution in [0.5, 0.6) is 5.75 Å². The van der Waals surface area contributed by atoms with E-state index in [9.17, 15) is 8.78 Å². The smallest absolute Gasteiger partial charge is 0.126 e. The molecule has 0 aliphatic rings. The third-order valence-corrected chi connectivity index (χ3v) is 4.35. The van der Waals surface area contributed by atoms with Crippen LogP contribution in [0, 0.1) is 11.6 Å². The fourth-order valence-corrected chi connectivity index (χ4v) is 3.11. The van der Waals surface area contributed by atoms with Gasteiger partial charge in [0.2, 0.25) is 0 Å². The Labute approximate surface area is 139 Å². The molecule has 0 aromatic heterocycles. The zero-order valence-electron chi connectivity index (χ0n) is 13.4. The third-order valence-electron chi connectivity index (χ3n) is 4.35. The maximum Gasteiger partial charge on any atom is 0.126 e. The Morgan fingerprint density at radius 1 is 1.04 bits per heavy atom. The summed E-state index contributed by atoms with van der Waals surface area (Å²) in [5.74, 6) is -0.509. The molecule has 24 heavy (non-hydrogen) atoms. The van der Waals surface area contributed by atoms with Gasteiger partial charge in [0, 0.05) is 11.5 Å². The van der Waals surface area contributed by atoms with Gasteiger partial charge in [-0.1, -0.05) is 30.3 Å². The number of fused-ring (bicyclic) bond motifs is 1. The first kappa shape index (κ1) is 16.4. The summed E-state index contributed by atoms with van der Waals surface area (Å²) in [5, 5.41) is 2.11. The number of benzene rings is 3. The van der Waals surface area contributed by atoms with Crippen molar-refractivity contribution in [2.45, 2.75) is 12.3 Å². The van der Waals surface area contributed by atoms with Gasteiger partial charge in [-0.05, 0) is 53.6 Å². The Hall–Kier alpha value is -2.46. The number of nitrogens with two attached hydrogens (primary N) is 1. The van der Waals surface area contributed by atoms with Crippen LogP contribution in [-0.4, -0.2) is 13.7 Å². The van der Waals surface area contributed by atoms with Gasteiger partial charge in [-0.25, -0.2) is 8.78 Å². The summed E-state index contributed by atoms with van der Waals surface area (Å²) in [6.07, 6.45) is 0.474. The van der Waals surface area contributed by atoms with Gasteiger partial charge in [-0.2, -0.15) is 0 Å². The van der Waals surface area contributed by atoms with E-state index >= 15 is 0 Å². The van der Waals surface area contributed by atoms with Crippen LogP contribution >= 0.6 is 0 Å². The van der Waals surface area contributed by atoms with Crippen molar-refractivity contribution in [1.29, 1.82) is 0 Å². The lowest BCUT2D eigenvalue weighted by Crippen LogP contribution is -2.17. The van der Waals surface area contributed by atoms with Gasteiger partial charge in [0.25, 0.3) is 0 Å². The van der Waals surface area contributed by atoms with Crippen LogP contribution in [0.2, 0.25) is 0 Å². The Morgan fingerprint density at radius 3 is 2.58 bits per heavy atom. The standard InChI is InChI=1S/C20H19F2NO/c1-24-20-9-6-13-4-2-3-5-16(13)18(20)10-14(12-23)17-11-15(21)7-8-19(17)22/h2-9,11,14H,10,12,23H2,1H3. The zero-order valence-corrected chi connectivity index (χ0v) is 13.4. The molecule has 2 N–H and O–H groups in total. The van der Waals surface area contributed by atoms with Gasteiger partial charge in [0.1, 0.15) is 17.4 Å². The average Bonchev–Trinajstić information content (AvgIpc) is 2.61. The molecule has 124 valence electrons. The molecular formula is C20H19F2NO. The van der Waals surface area contributed by atoms with E-state index in [2.05, 4.69) is 0 Å². The summed E-state index contributed by atoms with van der Waals surface area (Å²) in [5.41, 5.74) is 7.13. The molecular weight excluding hydrogens is 308 g/mol. The van der Waals surface area contributed by atoms with E-state index in [1.807, 2.05) is 36.4 Å². The van der Waals surface area contributed by atoms with Gasteiger partial charge >= 0.3 is 0 Å². The molecule has 0 aliphatic heterocycles. The normalized spacial score (nSPS) is 12.3. The number of methoxy groups -OCH3 is 1. The first-order chi connectivity index (χ1) is 11.6. The summed E-state index contributed by atoms with van der Waals surface area (Å²) in [6.45, 7) is 0.215. The van der Waals surface area contributed by atoms with Crippen molar-refractivity contribution in [3.05, 3.63) is 77.4 Å². The predicted octanol–water partition coefficient (Wildman–Crippen LogP) is 4.41. The van der Waals surface area contributed by atoms with Crippen LogP contribution < -0.4 is 10.5 Å². The molecule has 1 unspecified atom stereocenters. The van der Waals surface area contributed by atoms with Gasteiger partial charge in [0.15, 0.2) is 0 Å². The molecule has 0 spiro atoms. The van der Waals surface area contributed by atoms with Crippen molar-refractivity contribution in [2.24, 2.45) is 5.73 Å². The highest BCUT2D eigenvalue weighted by molar-refractivity contribution is 5.87. The average molecular weight is 327 g/mol. The minimum Gasteiger partial charge on any atom is -0.496 e. The van der Waals surface area contributed by atoms with E-state index in [1.54, 1.807) is 7.11 Å². The van der Waals surface area contributed by atoms with E-state index < -0.39 is 11.6 Å². The second-order valence-corrected chi connectivity index (χ2v) is 5.77. The van der Waals surface area contributed by atoms with E-state index in [0.29, 0.717) is 12.0 Å². The van der Waals surface area contributed by atoms with Gasteiger partial charge in [-0.15, -0.1) is 0 Å². The van der Waals surface area contributed by atoms with Crippen molar-refractivity contribution in [3.8, 4) is 5.75 Å². The molecule has 0 heterocycles. The van der Waals surface area contributed by atoms with Crippen LogP contribution in [0.25, 0.3) is 10.8 Å². The summed E-state index contributed by atoms with van der Waals surface area (Å²) in [7, 11) is 1.60. The van der Waals surface area contributed by atoms with Crippen LogP contribution in [0.15, 0.2) is 54.6 Å². The monoisotopic (exact) mass is 327 g/mol. The topological polar surface area (TPSA) is 35.2 Å². The predicted molar refractivity (Wildman–Crippen MR) is 92.4 cm³/mol. The van der Waals surface area contributed by atoms with Crippen LogP contribution in [0.1, 0.15) is 17.0 Å². The lowest BCUT2D eigenvalue weighted by molar-refractivity contribution is 0.408. The molecule has 0 amide bonds. The van der Waals surface area contributed by atoms with Crippen molar-refractivity contribution >= 4 is 10.8 Å². The molecule has 3 rings (SSSR count). The van der Waals surface area contributed by atoms with E-state index in [-0.39, 0.29) is 12.5 Å². The fourth-order valence-electron chi connectivity index (χ4n) is 3.11. The number of rotatable bonds is 5. The quantitative estimate of drug-likeness (QED) is 0.753. The number of hydrogen-bond donors (Lipinski definition) is 1. The van der Waals surface area contributed by atoms with E-state index in [0.717, 1.165) is 34.2 Å². The number of halogens is 2. The minimum absolute atomic E-state index is 0.215. The van der Waals surface area contributed by atoms with E-state index in [4.69, 9.17) is 10.5 Å². The minimum atomic E-state index is -0.463. The van der Waals surface area contributed by atoms with Gasteiger partial charge < -0.3 is 10.5 Å². The lowest BCUT2D eigenvalue weighted by atomic mass is 9.89. The lowest BCUT2D eigenvalue weighted by Gasteiger charge is -2.19. The summed E-state index contributed by atoms with van der Waals surface area (Å²) < 4.78 is 33.2. The fraction of sp³-hybridized carbons (Fsp3) is 0.200. The molecule has 0 fully saturated rings. The molecule has 1 atom stereocenters. The van der Waals surface area contributed by atoms with E-state index in [1.165, 1.54) is 6.07 Å². The van der Waals surface area contributed by atoms with Crippen molar-refractivity contribution in [2.75, 3.05) is 13.7 Å². The molecule has 0 aliphatic carbocycles. The van der Waals surface area contributed by atoms with Gasteiger partial charge in [0.05, 0.1) is 7.11 Å². The Balaban J connectivity index is 2.08. The highest BCUT2D eigenvalue weighted by atomic mass is 19.1. The molecule has 0 saturated carbocycles. The van der Waals surface area contributed by atoms with Crippen LogP contribution in [0.3, 0.4) is 0 Å². The van der Waals surface area contributed by atoms with Crippen molar-refractivity contribution in [3.63, 3.8) is 0 Å². The molecule has 3 aromatic rings. The second kappa shape index (κ2) is 6.97. The highest BCUT2D eigenvalue weighted by Crippen LogP contribution is 2.33. The first-order valence-corrected chi connectivity index (χ1v) is 7.83. The molecule has 0 bridgehead atoms. The third kappa shape index (κ3) is 3.10. The molecule has 2 nitrogen and oxygen atoms in total. The largest absolute Gasteiger partial charge is 0.496 e. The second-order valence-electron chi connectivity index (χ2n) is 5.77. The van der Waals surface area contributed by atoms with Crippen LogP contribution in [-0.2, 0) is 6.42 Å². The van der Waals surface area contributed by atoms with Crippen molar-refractivity contribution < 1.29 is 13.5 Å². The Morgan fingerprint density at radius 2 is 1.83 bits per heavy atom. The number of hydrogen-bond acceptors (Lipinski definition) is 2. The highest BCUT2D eigenvalue weighted by Gasteiger charge is 2.19. The van der Waals surface area contributed by atoms with Gasteiger partial charge in [-0.3, -0.25) is 0 Å². The number of ether oxygens (including phenoxy) is 1. The summed E-state index contributed by atoms with van der Waals surface area (Å²) in [6, 6.07) is 15.3. The Bertz CT molecular complexity index is 863. The maximum atomic E-state index is 14.2. The maximum absolute atomic E-state index is 14.2. The van der Waals surface area contributed by atoms with Crippen molar-refractivity contribution in [1.82, 2.24) is 0 Å². The van der Waals surface area contributed by atoms with Crippen LogP contribution in [0.4, 0.5) is 8.78 Å². The Kier molecular flexibility index (Phi) is 4.76. The summed E-state index contributed by atoms with van der Waals surface area (Å²) in [4.78, 5) is 0. The molecule has 4 heteroatoms. The zero-order chi connectivity index (χ0) is 17.1. The SMILES string of the molecule is COc1ccc2ccccc2c1CC(CN)c1cc(F)ccc1F. The molecule has 0 saturated heterocycles. The first-order valence-electron chi connectivity index (χ1n) is 7.83. The summed E-state index contributed by atoms with van der Waals surface area (Å²) >= 11 is 0. The molecule has 0 radical (unpaired) electrons.